The smallest absolute Gasteiger partial charge is 0.178 e. The van der Waals surface area contributed by atoms with Gasteiger partial charge in [0.2, 0.25) is 0 Å². The lowest BCUT2D eigenvalue weighted by Crippen LogP contribution is -1.99. The van der Waals surface area contributed by atoms with Gasteiger partial charge >= 0.3 is 0 Å². The lowest BCUT2D eigenvalue weighted by molar-refractivity contribution is 0.101. The average Bonchev–Trinajstić information content (AvgIpc) is 2.99. The van der Waals surface area contributed by atoms with E-state index in [2.05, 4.69) is 16.0 Å². The van der Waals surface area contributed by atoms with Gasteiger partial charge in [-0.3, -0.25) is 4.79 Å². The standard InChI is InChI=1S/C20H16N2O2/c1-12(23)18-11-16-15-5-3-4-6-17(15)21-20(16)19(22-18)13-7-9-14(24-2)10-8-13/h3-11,21H,1-2H3. The molecular formula is C20H16N2O2. The van der Waals surface area contributed by atoms with Gasteiger partial charge in [0.1, 0.15) is 11.4 Å². The number of ketones is 1. The van der Waals surface area contributed by atoms with Crippen LogP contribution in [0.3, 0.4) is 0 Å². The number of nitrogens with zero attached hydrogens (tertiary/aromatic N) is 1. The highest BCUT2D eigenvalue weighted by Gasteiger charge is 2.15. The van der Waals surface area contributed by atoms with Gasteiger partial charge in [-0.25, -0.2) is 4.98 Å². The largest absolute Gasteiger partial charge is 0.497 e. The number of pyridine rings is 1. The molecule has 118 valence electrons. The van der Waals surface area contributed by atoms with Crippen molar-refractivity contribution in [2.75, 3.05) is 7.11 Å². The molecule has 4 aromatic rings. The molecule has 1 N–H and O–H groups in total. The molecule has 0 aliphatic heterocycles. The van der Waals surface area contributed by atoms with Gasteiger partial charge in [0.25, 0.3) is 0 Å². The Balaban J connectivity index is 2.06. The van der Waals surface area contributed by atoms with E-state index >= 15 is 0 Å². The van der Waals surface area contributed by atoms with Crippen LogP contribution in [0.1, 0.15) is 17.4 Å². The highest BCUT2D eigenvalue weighted by molar-refractivity contribution is 6.13. The number of aromatic amines is 1. The molecule has 0 bridgehead atoms. The van der Waals surface area contributed by atoms with E-state index in [0.29, 0.717) is 5.69 Å². The van der Waals surface area contributed by atoms with Gasteiger partial charge in [0.05, 0.1) is 18.3 Å². The third-order valence-corrected chi connectivity index (χ3v) is 4.22. The van der Waals surface area contributed by atoms with Crippen molar-refractivity contribution >= 4 is 27.6 Å². The summed E-state index contributed by atoms with van der Waals surface area (Å²) < 4.78 is 5.22. The Bertz CT molecular complexity index is 1060. The zero-order valence-corrected chi connectivity index (χ0v) is 13.5. The van der Waals surface area contributed by atoms with Gasteiger partial charge in [0.15, 0.2) is 5.78 Å². The number of nitrogens with one attached hydrogen (secondary N) is 1. The second-order valence-electron chi connectivity index (χ2n) is 5.73. The lowest BCUT2D eigenvalue weighted by atomic mass is 10.1. The summed E-state index contributed by atoms with van der Waals surface area (Å²) in [6, 6.07) is 17.6. The summed E-state index contributed by atoms with van der Waals surface area (Å²) in [6.45, 7) is 1.54. The highest BCUT2D eigenvalue weighted by Crippen LogP contribution is 2.33. The van der Waals surface area contributed by atoms with Gasteiger partial charge < -0.3 is 9.72 Å². The minimum absolute atomic E-state index is 0.0445. The van der Waals surface area contributed by atoms with Gasteiger partial charge in [-0.15, -0.1) is 0 Å². The minimum Gasteiger partial charge on any atom is -0.497 e. The summed E-state index contributed by atoms with van der Waals surface area (Å²) in [6.07, 6.45) is 0. The predicted octanol–water partition coefficient (Wildman–Crippen LogP) is 4.59. The van der Waals surface area contributed by atoms with Crippen molar-refractivity contribution in [3.63, 3.8) is 0 Å². The van der Waals surface area contributed by atoms with E-state index in [1.807, 2.05) is 48.5 Å². The van der Waals surface area contributed by atoms with Crippen LogP contribution in [0.2, 0.25) is 0 Å². The predicted molar refractivity (Wildman–Crippen MR) is 95.6 cm³/mol. The summed E-state index contributed by atoms with van der Waals surface area (Å²) in [5, 5.41) is 2.10. The number of H-pyrrole nitrogens is 1. The summed E-state index contributed by atoms with van der Waals surface area (Å²) >= 11 is 0. The first kappa shape index (κ1) is 14.5. The molecule has 2 heterocycles. The van der Waals surface area contributed by atoms with Crippen LogP contribution >= 0.6 is 0 Å². The number of ether oxygens (including phenoxy) is 1. The molecule has 4 nitrogen and oxygen atoms in total. The molecule has 0 amide bonds. The first-order valence-corrected chi connectivity index (χ1v) is 7.74. The molecular weight excluding hydrogens is 300 g/mol. The molecule has 0 fully saturated rings. The van der Waals surface area contributed by atoms with Crippen LogP contribution < -0.4 is 4.74 Å². The molecule has 0 spiro atoms. The maximum absolute atomic E-state index is 11.9. The van der Waals surface area contributed by atoms with E-state index in [1.54, 1.807) is 14.0 Å². The van der Waals surface area contributed by atoms with Crippen molar-refractivity contribution in [3.8, 4) is 17.0 Å². The number of fused-ring (bicyclic) bond motifs is 3. The fourth-order valence-corrected chi connectivity index (χ4v) is 2.98. The maximum atomic E-state index is 11.9. The van der Waals surface area contributed by atoms with E-state index in [4.69, 9.17) is 4.74 Å². The molecule has 4 heteroatoms. The number of para-hydroxylation sites is 1. The van der Waals surface area contributed by atoms with Crippen LogP contribution in [-0.2, 0) is 0 Å². The number of aromatic nitrogens is 2. The van der Waals surface area contributed by atoms with E-state index in [-0.39, 0.29) is 5.78 Å². The zero-order chi connectivity index (χ0) is 16.7. The van der Waals surface area contributed by atoms with Crippen LogP contribution in [0.15, 0.2) is 54.6 Å². The molecule has 0 aliphatic rings. The fraction of sp³-hybridized carbons (Fsp3) is 0.100. The maximum Gasteiger partial charge on any atom is 0.178 e. The summed E-state index contributed by atoms with van der Waals surface area (Å²) in [5.74, 6) is 0.742. The number of carbonyl (C=O) groups is 1. The Morgan fingerprint density at radius 3 is 2.50 bits per heavy atom. The molecule has 0 atom stereocenters. The second-order valence-corrected chi connectivity index (χ2v) is 5.73. The third-order valence-electron chi connectivity index (χ3n) is 4.22. The third kappa shape index (κ3) is 2.24. The van der Waals surface area contributed by atoms with Crippen molar-refractivity contribution in [3.05, 3.63) is 60.3 Å². The molecule has 0 radical (unpaired) electrons. The van der Waals surface area contributed by atoms with Crippen LogP contribution in [0.4, 0.5) is 0 Å². The number of methoxy groups -OCH3 is 1. The molecule has 0 unspecified atom stereocenters. The van der Waals surface area contributed by atoms with Crippen molar-refractivity contribution in [1.29, 1.82) is 0 Å². The van der Waals surface area contributed by atoms with Crippen LogP contribution in [-0.4, -0.2) is 22.9 Å². The average molecular weight is 316 g/mol. The lowest BCUT2D eigenvalue weighted by Gasteiger charge is -2.07. The number of rotatable bonds is 3. The molecule has 24 heavy (non-hydrogen) atoms. The van der Waals surface area contributed by atoms with E-state index < -0.39 is 0 Å². The number of benzene rings is 2. The normalized spacial score (nSPS) is 11.1. The van der Waals surface area contributed by atoms with E-state index in [9.17, 15) is 4.79 Å². The number of hydrogen-bond acceptors (Lipinski definition) is 3. The Morgan fingerprint density at radius 2 is 1.79 bits per heavy atom. The zero-order valence-electron chi connectivity index (χ0n) is 13.5. The van der Waals surface area contributed by atoms with Gasteiger partial charge in [-0.05, 0) is 36.4 Å². The summed E-state index contributed by atoms with van der Waals surface area (Å²) in [5.41, 5.74) is 4.15. The first-order chi connectivity index (χ1) is 11.7. The molecule has 2 aromatic heterocycles. The summed E-state index contributed by atoms with van der Waals surface area (Å²) in [7, 11) is 1.64. The fourth-order valence-electron chi connectivity index (χ4n) is 2.98. The first-order valence-electron chi connectivity index (χ1n) is 7.74. The Morgan fingerprint density at radius 1 is 1.04 bits per heavy atom. The molecule has 0 saturated heterocycles. The summed E-state index contributed by atoms with van der Waals surface area (Å²) in [4.78, 5) is 20.0. The second kappa shape index (κ2) is 5.49. The monoisotopic (exact) mass is 316 g/mol. The van der Waals surface area contributed by atoms with Crippen molar-refractivity contribution in [1.82, 2.24) is 9.97 Å². The Hall–Kier alpha value is -3.14. The number of carbonyl (C=O) groups excluding carboxylic acids is 1. The van der Waals surface area contributed by atoms with Crippen molar-refractivity contribution in [2.45, 2.75) is 6.92 Å². The minimum atomic E-state index is -0.0445. The number of hydrogen-bond donors (Lipinski definition) is 1. The molecule has 2 aromatic carbocycles. The Labute approximate surface area is 139 Å². The SMILES string of the molecule is COc1ccc(-c2nc(C(C)=O)cc3c2[nH]c2ccccc23)cc1. The van der Waals surface area contributed by atoms with Crippen LogP contribution in [0.25, 0.3) is 33.1 Å². The van der Waals surface area contributed by atoms with E-state index in [0.717, 1.165) is 38.8 Å². The quantitative estimate of drug-likeness (QED) is 0.562. The molecule has 0 saturated carbocycles. The van der Waals surface area contributed by atoms with Crippen LogP contribution in [0, 0.1) is 0 Å². The topological polar surface area (TPSA) is 55.0 Å². The molecule has 0 aliphatic carbocycles. The van der Waals surface area contributed by atoms with Gasteiger partial charge in [-0.2, -0.15) is 0 Å². The highest BCUT2D eigenvalue weighted by atomic mass is 16.5. The van der Waals surface area contributed by atoms with Gasteiger partial charge in [0, 0.05) is 28.8 Å². The van der Waals surface area contributed by atoms with Gasteiger partial charge in [-0.1, -0.05) is 18.2 Å². The van der Waals surface area contributed by atoms with Crippen molar-refractivity contribution < 1.29 is 9.53 Å². The van der Waals surface area contributed by atoms with Crippen LogP contribution in [0.5, 0.6) is 5.75 Å². The van der Waals surface area contributed by atoms with E-state index in [1.165, 1.54) is 0 Å². The Kier molecular flexibility index (Phi) is 3.31. The number of Topliss-reactive ketones (excluding diaryl/α,β-unsaturated/α-hetero) is 1. The van der Waals surface area contributed by atoms with Crippen molar-refractivity contribution in [2.24, 2.45) is 0 Å². The molecule has 4 rings (SSSR count).